The first-order valence-corrected chi connectivity index (χ1v) is 5.87. The zero-order valence-corrected chi connectivity index (χ0v) is 10.8. The van der Waals surface area contributed by atoms with Crippen molar-refractivity contribution >= 4 is 11.9 Å². The monoisotopic (exact) mass is 265 g/mol. The van der Waals surface area contributed by atoms with Gasteiger partial charge >= 0.3 is 5.97 Å². The van der Waals surface area contributed by atoms with E-state index in [1.807, 2.05) is 0 Å². The van der Waals surface area contributed by atoms with Crippen molar-refractivity contribution in [2.45, 2.75) is 6.92 Å². The summed E-state index contributed by atoms with van der Waals surface area (Å²) < 4.78 is 10.5. The molecule has 2 rings (SSSR count). The molecule has 0 bridgehead atoms. The van der Waals surface area contributed by atoms with Crippen LogP contribution in [0.3, 0.4) is 0 Å². The number of hydrogen-bond donors (Lipinski definition) is 1. The summed E-state index contributed by atoms with van der Waals surface area (Å²) in [6.07, 6.45) is 0. The number of carboxylic acid groups (broad SMARTS) is 1. The minimum absolute atomic E-state index is 0.0921. The fraction of sp³-hybridized carbons (Fsp3) is 0.385. The highest BCUT2D eigenvalue weighted by Crippen LogP contribution is 2.35. The average molecular weight is 265 g/mol. The standard InChI is InChI=1S/C13H15NO5/c1-8(13(16)17)6-14(2)12(15)9-4-3-5-10-11(9)19-7-18-10/h3-5,8H,6-7H2,1-2H3,(H,16,17)/t8-/m1/s1. The Labute approximate surface area is 110 Å². The molecule has 1 aromatic rings. The van der Waals surface area contributed by atoms with Gasteiger partial charge in [0.15, 0.2) is 11.5 Å². The molecule has 6 nitrogen and oxygen atoms in total. The van der Waals surface area contributed by atoms with Crippen LogP contribution in [-0.2, 0) is 4.79 Å². The van der Waals surface area contributed by atoms with Crippen molar-refractivity contribution in [3.05, 3.63) is 23.8 Å². The maximum atomic E-state index is 12.3. The van der Waals surface area contributed by atoms with Crippen LogP contribution >= 0.6 is 0 Å². The molecule has 0 radical (unpaired) electrons. The first-order chi connectivity index (χ1) is 9.00. The van der Waals surface area contributed by atoms with Crippen molar-refractivity contribution in [1.82, 2.24) is 4.90 Å². The average Bonchev–Trinajstić information content (AvgIpc) is 2.85. The molecule has 0 aromatic heterocycles. The van der Waals surface area contributed by atoms with Crippen molar-refractivity contribution in [1.29, 1.82) is 0 Å². The molecule has 1 amide bonds. The fourth-order valence-electron chi connectivity index (χ4n) is 1.88. The molecule has 1 aliphatic heterocycles. The molecule has 1 atom stereocenters. The van der Waals surface area contributed by atoms with Crippen molar-refractivity contribution in [3.63, 3.8) is 0 Å². The van der Waals surface area contributed by atoms with Gasteiger partial charge in [0.2, 0.25) is 6.79 Å². The topological polar surface area (TPSA) is 76.1 Å². The second kappa shape index (κ2) is 5.17. The predicted molar refractivity (Wildman–Crippen MR) is 66.3 cm³/mol. The Morgan fingerprint density at radius 2 is 2.16 bits per heavy atom. The number of hydrogen-bond acceptors (Lipinski definition) is 4. The summed E-state index contributed by atoms with van der Waals surface area (Å²) in [7, 11) is 1.57. The predicted octanol–water partition coefficient (Wildman–Crippen LogP) is 1.21. The van der Waals surface area contributed by atoms with Crippen LogP contribution in [0.2, 0.25) is 0 Å². The lowest BCUT2D eigenvalue weighted by Crippen LogP contribution is -2.33. The van der Waals surface area contributed by atoms with E-state index in [2.05, 4.69) is 0 Å². The highest BCUT2D eigenvalue weighted by Gasteiger charge is 2.25. The van der Waals surface area contributed by atoms with E-state index in [0.717, 1.165) is 0 Å². The van der Waals surface area contributed by atoms with Crippen LogP contribution in [0.5, 0.6) is 11.5 Å². The molecule has 102 valence electrons. The number of nitrogens with zero attached hydrogens (tertiary/aromatic N) is 1. The van der Waals surface area contributed by atoms with Gasteiger partial charge in [-0.1, -0.05) is 13.0 Å². The zero-order valence-electron chi connectivity index (χ0n) is 10.8. The molecule has 1 aromatic carbocycles. The van der Waals surface area contributed by atoms with Crippen LogP contribution < -0.4 is 9.47 Å². The largest absolute Gasteiger partial charge is 0.481 e. The van der Waals surface area contributed by atoms with Crippen LogP contribution in [0.4, 0.5) is 0 Å². The van der Waals surface area contributed by atoms with E-state index >= 15 is 0 Å². The lowest BCUT2D eigenvalue weighted by atomic mass is 10.1. The number of ether oxygens (including phenoxy) is 2. The molecule has 0 spiro atoms. The zero-order chi connectivity index (χ0) is 14.0. The third kappa shape index (κ3) is 2.62. The number of fused-ring (bicyclic) bond motifs is 1. The van der Waals surface area contributed by atoms with E-state index in [0.29, 0.717) is 17.1 Å². The van der Waals surface area contributed by atoms with Crippen LogP contribution in [0.25, 0.3) is 0 Å². The van der Waals surface area contributed by atoms with E-state index in [9.17, 15) is 9.59 Å². The third-order valence-electron chi connectivity index (χ3n) is 2.94. The maximum Gasteiger partial charge on any atom is 0.308 e. The number of rotatable bonds is 4. The molecule has 1 N–H and O–H groups in total. The van der Waals surface area contributed by atoms with Crippen molar-refractivity contribution in [3.8, 4) is 11.5 Å². The van der Waals surface area contributed by atoms with E-state index in [1.54, 1.807) is 32.2 Å². The minimum atomic E-state index is -0.933. The van der Waals surface area contributed by atoms with Gasteiger partial charge in [0, 0.05) is 13.6 Å². The Bertz CT molecular complexity index is 514. The Kier molecular flexibility index (Phi) is 3.59. The maximum absolute atomic E-state index is 12.3. The van der Waals surface area contributed by atoms with Gasteiger partial charge in [-0.3, -0.25) is 9.59 Å². The Hall–Kier alpha value is -2.24. The molecular formula is C13H15NO5. The number of benzene rings is 1. The van der Waals surface area contributed by atoms with Gasteiger partial charge in [-0.15, -0.1) is 0 Å². The summed E-state index contributed by atoms with van der Waals surface area (Å²) in [5, 5.41) is 8.86. The van der Waals surface area contributed by atoms with Crippen LogP contribution in [0.15, 0.2) is 18.2 Å². The number of aliphatic carboxylic acids is 1. The summed E-state index contributed by atoms with van der Waals surface area (Å²) in [4.78, 5) is 24.4. The van der Waals surface area contributed by atoms with E-state index in [-0.39, 0.29) is 19.2 Å². The third-order valence-corrected chi connectivity index (χ3v) is 2.94. The molecule has 0 aliphatic carbocycles. The van der Waals surface area contributed by atoms with Crippen LogP contribution in [0, 0.1) is 5.92 Å². The molecule has 0 saturated carbocycles. The molecule has 0 unspecified atom stereocenters. The number of amides is 1. The molecule has 1 heterocycles. The van der Waals surface area contributed by atoms with Gasteiger partial charge in [0.05, 0.1) is 11.5 Å². The number of carbonyl (C=O) groups is 2. The first kappa shape index (κ1) is 13.2. The summed E-state index contributed by atoms with van der Waals surface area (Å²) >= 11 is 0. The van der Waals surface area contributed by atoms with E-state index < -0.39 is 11.9 Å². The molecule has 1 aliphatic rings. The number of carboxylic acids is 1. The van der Waals surface area contributed by atoms with Gasteiger partial charge in [-0.2, -0.15) is 0 Å². The molecule has 19 heavy (non-hydrogen) atoms. The Morgan fingerprint density at radius 1 is 1.42 bits per heavy atom. The quantitative estimate of drug-likeness (QED) is 0.885. The van der Waals surface area contributed by atoms with Crippen molar-refractivity contribution in [2.75, 3.05) is 20.4 Å². The SMILES string of the molecule is C[C@H](CN(C)C(=O)c1cccc2c1OCO2)C(=O)O. The summed E-state index contributed by atoms with van der Waals surface area (Å²) in [6.45, 7) is 1.79. The normalized spacial score (nSPS) is 14.0. The van der Waals surface area contributed by atoms with E-state index in [1.165, 1.54) is 4.90 Å². The smallest absolute Gasteiger partial charge is 0.308 e. The highest BCUT2D eigenvalue weighted by atomic mass is 16.7. The van der Waals surface area contributed by atoms with Crippen LogP contribution in [0.1, 0.15) is 17.3 Å². The summed E-state index contributed by atoms with van der Waals surface area (Å²) in [6, 6.07) is 5.06. The number of carbonyl (C=O) groups excluding carboxylic acids is 1. The summed E-state index contributed by atoms with van der Waals surface area (Å²) in [5.41, 5.74) is 0.384. The second-order valence-electron chi connectivity index (χ2n) is 4.46. The van der Waals surface area contributed by atoms with Gasteiger partial charge in [0.25, 0.3) is 5.91 Å². The van der Waals surface area contributed by atoms with Gasteiger partial charge in [-0.05, 0) is 12.1 Å². The highest BCUT2D eigenvalue weighted by molar-refractivity contribution is 5.98. The minimum Gasteiger partial charge on any atom is -0.481 e. The van der Waals surface area contributed by atoms with Crippen LogP contribution in [-0.4, -0.2) is 42.3 Å². The Balaban J connectivity index is 2.16. The van der Waals surface area contributed by atoms with E-state index in [4.69, 9.17) is 14.6 Å². The summed E-state index contributed by atoms with van der Waals surface area (Å²) in [5.74, 6) is -0.885. The fourth-order valence-corrected chi connectivity index (χ4v) is 1.88. The van der Waals surface area contributed by atoms with Gasteiger partial charge < -0.3 is 19.5 Å². The second-order valence-corrected chi connectivity index (χ2v) is 4.46. The molecular weight excluding hydrogens is 250 g/mol. The number of para-hydroxylation sites is 1. The van der Waals surface area contributed by atoms with Crippen molar-refractivity contribution < 1.29 is 24.2 Å². The van der Waals surface area contributed by atoms with Gasteiger partial charge in [0.1, 0.15) is 0 Å². The Morgan fingerprint density at radius 3 is 2.84 bits per heavy atom. The lowest BCUT2D eigenvalue weighted by molar-refractivity contribution is -0.141. The first-order valence-electron chi connectivity index (χ1n) is 5.87. The molecule has 0 saturated heterocycles. The van der Waals surface area contributed by atoms with Crippen molar-refractivity contribution in [2.24, 2.45) is 5.92 Å². The lowest BCUT2D eigenvalue weighted by Gasteiger charge is -2.20. The molecule has 6 heteroatoms. The van der Waals surface area contributed by atoms with Gasteiger partial charge in [-0.25, -0.2) is 0 Å². The molecule has 0 fully saturated rings.